The lowest BCUT2D eigenvalue weighted by Gasteiger charge is -2.02. The van der Waals surface area contributed by atoms with Gasteiger partial charge in [0.25, 0.3) is 5.91 Å². The van der Waals surface area contributed by atoms with Crippen LogP contribution in [0.1, 0.15) is 10.4 Å². The summed E-state index contributed by atoms with van der Waals surface area (Å²) in [6.45, 7) is 0. The highest BCUT2D eigenvalue weighted by atomic mass is 35.5. The van der Waals surface area contributed by atoms with Gasteiger partial charge in [-0.1, -0.05) is 23.4 Å². The lowest BCUT2D eigenvalue weighted by Crippen LogP contribution is -2.29. The topological polar surface area (TPSA) is 68.0 Å². The standard InChI is InChI=1S/C12H10ClN3OS/c13-9-2-4-10(5-3-9)18-11-6-1-8(7-15-11)12(17)16-14/h1-7H,14H2,(H,16,17). The summed E-state index contributed by atoms with van der Waals surface area (Å²) in [6.07, 6.45) is 1.49. The van der Waals surface area contributed by atoms with E-state index in [0.29, 0.717) is 10.6 Å². The Balaban J connectivity index is 2.10. The SMILES string of the molecule is NNC(=O)c1ccc(Sc2ccc(Cl)cc2)nc1. The Morgan fingerprint density at radius 3 is 2.50 bits per heavy atom. The minimum Gasteiger partial charge on any atom is -0.290 e. The molecule has 0 atom stereocenters. The Morgan fingerprint density at radius 2 is 1.94 bits per heavy atom. The molecule has 0 aliphatic rings. The molecular weight excluding hydrogens is 270 g/mol. The molecule has 3 N–H and O–H groups in total. The van der Waals surface area contributed by atoms with Crippen molar-refractivity contribution in [3.8, 4) is 0 Å². The van der Waals surface area contributed by atoms with Crippen molar-refractivity contribution < 1.29 is 4.79 Å². The number of amides is 1. The number of aromatic nitrogens is 1. The fraction of sp³-hybridized carbons (Fsp3) is 0. The van der Waals surface area contributed by atoms with E-state index in [9.17, 15) is 4.79 Å². The molecule has 0 aliphatic carbocycles. The summed E-state index contributed by atoms with van der Waals surface area (Å²) in [5, 5.41) is 1.49. The average molecular weight is 280 g/mol. The van der Waals surface area contributed by atoms with E-state index in [1.165, 1.54) is 18.0 Å². The lowest BCUT2D eigenvalue weighted by molar-refractivity contribution is 0.0953. The first-order valence-corrected chi connectivity index (χ1v) is 6.29. The van der Waals surface area contributed by atoms with Gasteiger partial charge in [-0.25, -0.2) is 10.8 Å². The van der Waals surface area contributed by atoms with Gasteiger partial charge in [-0.3, -0.25) is 10.2 Å². The molecule has 0 radical (unpaired) electrons. The van der Waals surface area contributed by atoms with Gasteiger partial charge in [-0.2, -0.15) is 0 Å². The summed E-state index contributed by atoms with van der Waals surface area (Å²) in [4.78, 5) is 16.4. The van der Waals surface area contributed by atoms with Crippen molar-refractivity contribution in [3.05, 3.63) is 53.2 Å². The number of hydrogen-bond donors (Lipinski definition) is 2. The molecule has 0 unspecified atom stereocenters. The highest BCUT2D eigenvalue weighted by molar-refractivity contribution is 7.99. The van der Waals surface area contributed by atoms with Gasteiger partial charge in [0.05, 0.1) is 5.56 Å². The second-order valence-electron chi connectivity index (χ2n) is 3.41. The van der Waals surface area contributed by atoms with Crippen LogP contribution in [0.3, 0.4) is 0 Å². The van der Waals surface area contributed by atoms with Crippen molar-refractivity contribution in [2.45, 2.75) is 9.92 Å². The minimum atomic E-state index is -0.356. The van der Waals surface area contributed by atoms with E-state index in [2.05, 4.69) is 10.4 Å². The summed E-state index contributed by atoms with van der Waals surface area (Å²) in [5.74, 6) is 4.68. The average Bonchev–Trinajstić information content (AvgIpc) is 2.41. The van der Waals surface area contributed by atoms with Crippen molar-refractivity contribution >= 4 is 29.3 Å². The van der Waals surface area contributed by atoms with E-state index in [-0.39, 0.29) is 5.91 Å². The fourth-order valence-corrected chi connectivity index (χ4v) is 2.16. The third-order valence-corrected chi connectivity index (χ3v) is 3.38. The largest absolute Gasteiger partial charge is 0.290 e. The molecule has 0 saturated heterocycles. The van der Waals surface area contributed by atoms with Crippen LogP contribution in [0.15, 0.2) is 52.5 Å². The lowest BCUT2D eigenvalue weighted by atomic mass is 10.3. The smallest absolute Gasteiger partial charge is 0.266 e. The Kier molecular flexibility index (Phi) is 4.19. The number of nitrogen functional groups attached to an aromatic ring is 1. The summed E-state index contributed by atoms with van der Waals surface area (Å²) in [5.41, 5.74) is 2.48. The maximum absolute atomic E-state index is 11.2. The molecule has 0 fully saturated rings. The molecule has 6 heteroatoms. The third kappa shape index (κ3) is 3.22. The third-order valence-electron chi connectivity index (χ3n) is 2.17. The zero-order valence-electron chi connectivity index (χ0n) is 9.26. The van der Waals surface area contributed by atoms with Gasteiger partial charge < -0.3 is 0 Å². The van der Waals surface area contributed by atoms with E-state index < -0.39 is 0 Å². The maximum Gasteiger partial charge on any atom is 0.266 e. The number of hydrogen-bond acceptors (Lipinski definition) is 4. The van der Waals surface area contributed by atoms with E-state index in [1.54, 1.807) is 12.1 Å². The number of carbonyl (C=O) groups excluding carboxylic acids is 1. The van der Waals surface area contributed by atoms with Gasteiger partial charge in [-0.15, -0.1) is 0 Å². The number of hydrazine groups is 1. The number of halogens is 1. The number of benzene rings is 1. The Bertz CT molecular complexity index is 542. The molecule has 4 nitrogen and oxygen atoms in total. The van der Waals surface area contributed by atoms with Crippen LogP contribution in [-0.4, -0.2) is 10.9 Å². The van der Waals surface area contributed by atoms with Crippen LogP contribution in [0.25, 0.3) is 0 Å². The van der Waals surface area contributed by atoms with Crippen LogP contribution in [0, 0.1) is 0 Å². The van der Waals surface area contributed by atoms with Crippen LogP contribution in [0.5, 0.6) is 0 Å². The van der Waals surface area contributed by atoms with Crippen LogP contribution in [0.2, 0.25) is 5.02 Å². The number of pyridine rings is 1. The van der Waals surface area contributed by atoms with Crippen LogP contribution in [0.4, 0.5) is 0 Å². The van der Waals surface area contributed by atoms with Crippen molar-refractivity contribution in [2.24, 2.45) is 5.84 Å². The Morgan fingerprint density at radius 1 is 1.22 bits per heavy atom. The number of carbonyl (C=O) groups is 1. The van der Waals surface area contributed by atoms with Crippen LogP contribution < -0.4 is 11.3 Å². The molecule has 0 saturated carbocycles. The van der Waals surface area contributed by atoms with E-state index in [0.717, 1.165) is 9.92 Å². The van der Waals surface area contributed by atoms with Crippen molar-refractivity contribution in [3.63, 3.8) is 0 Å². The predicted molar refractivity (Wildman–Crippen MR) is 71.5 cm³/mol. The summed E-state index contributed by atoms with van der Waals surface area (Å²) >= 11 is 7.30. The number of rotatable bonds is 3. The van der Waals surface area contributed by atoms with Gasteiger partial charge in [-0.05, 0) is 36.4 Å². The van der Waals surface area contributed by atoms with E-state index in [1.807, 2.05) is 24.3 Å². The first kappa shape index (κ1) is 12.9. The second kappa shape index (κ2) is 5.86. The molecule has 1 heterocycles. The molecule has 0 bridgehead atoms. The zero-order valence-corrected chi connectivity index (χ0v) is 10.8. The van der Waals surface area contributed by atoms with Gasteiger partial charge in [0.2, 0.25) is 0 Å². The number of nitrogens with two attached hydrogens (primary N) is 1. The molecule has 2 aromatic rings. The molecule has 18 heavy (non-hydrogen) atoms. The van der Waals surface area contributed by atoms with E-state index >= 15 is 0 Å². The Labute approximate surface area is 114 Å². The predicted octanol–water partition coefficient (Wildman–Crippen LogP) is 2.49. The molecule has 92 valence electrons. The molecular formula is C12H10ClN3OS. The van der Waals surface area contributed by atoms with Crippen molar-refractivity contribution in [1.82, 2.24) is 10.4 Å². The Hall–Kier alpha value is -1.56. The summed E-state index contributed by atoms with van der Waals surface area (Å²) < 4.78 is 0. The quantitative estimate of drug-likeness (QED) is 0.515. The highest BCUT2D eigenvalue weighted by Gasteiger charge is 2.04. The van der Waals surface area contributed by atoms with Crippen molar-refractivity contribution in [1.29, 1.82) is 0 Å². The first-order chi connectivity index (χ1) is 8.69. The van der Waals surface area contributed by atoms with Gasteiger partial charge in [0.15, 0.2) is 0 Å². The van der Waals surface area contributed by atoms with Gasteiger partial charge >= 0.3 is 0 Å². The molecule has 2 rings (SSSR count). The van der Waals surface area contributed by atoms with E-state index in [4.69, 9.17) is 17.4 Å². The molecule has 0 spiro atoms. The van der Waals surface area contributed by atoms with Gasteiger partial charge in [0.1, 0.15) is 5.03 Å². The van der Waals surface area contributed by atoms with Crippen LogP contribution >= 0.6 is 23.4 Å². The summed E-state index contributed by atoms with van der Waals surface area (Å²) in [6, 6.07) is 10.9. The zero-order chi connectivity index (χ0) is 13.0. The monoisotopic (exact) mass is 279 g/mol. The fourth-order valence-electron chi connectivity index (χ4n) is 1.28. The van der Waals surface area contributed by atoms with Crippen LogP contribution in [-0.2, 0) is 0 Å². The number of nitrogens with zero attached hydrogens (tertiary/aromatic N) is 1. The molecule has 1 aromatic heterocycles. The van der Waals surface area contributed by atoms with Gasteiger partial charge in [0, 0.05) is 16.1 Å². The molecule has 1 aromatic carbocycles. The number of nitrogens with one attached hydrogen (secondary N) is 1. The minimum absolute atomic E-state index is 0.356. The molecule has 1 amide bonds. The second-order valence-corrected chi connectivity index (χ2v) is 4.94. The highest BCUT2D eigenvalue weighted by Crippen LogP contribution is 2.26. The normalized spacial score (nSPS) is 10.1. The first-order valence-electron chi connectivity index (χ1n) is 5.09. The van der Waals surface area contributed by atoms with Crippen molar-refractivity contribution in [2.75, 3.05) is 0 Å². The summed E-state index contributed by atoms with van der Waals surface area (Å²) in [7, 11) is 0. The molecule has 0 aliphatic heterocycles. The maximum atomic E-state index is 11.2.